The molecule has 1 aliphatic heterocycles. The first-order valence-electron chi connectivity index (χ1n) is 9.51. The molecule has 25 heavy (non-hydrogen) atoms. The number of rotatable bonds is 9. The maximum absolute atomic E-state index is 12.0. The highest BCUT2D eigenvalue weighted by molar-refractivity contribution is 7.92. The summed E-state index contributed by atoms with van der Waals surface area (Å²) in [4.78, 5) is 2.36. The van der Waals surface area contributed by atoms with Crippen LogP contribution in [0.5, 0.6) is 0 Å². The van der Waals surface area contributed by atoms with Crippen LogP contribution in [-0.2, 0) is 16.3 Å². The molecule has 0 radical (unpaired) electrons. The quantitative estimate of drug-likeness (QED) is 0.468. The third-order valence-corrected chi connectivity index (χ3v) is 7.62. The van der Waals surface area contributed by atoms with Gasteiger partial charge in [-0.2, -0.15) is 0 Å². The molecule has 0 unspecified atom stereocenters. The number of hydrogen-bond donors (Lipinski definition) is 0. The number of anilines is 1. The summed E-state index contributed by atoms with van der Waals surface area (Å²) in [5.41, 5.74) is 2.69. The molecule has 0 N–H and O–H groups in total. The van der Waals surface area contributed by atoms with Crippen molar-refractivity contribution in [3.8, 4) is 0 Å². The van der Waals surface area contributed by atoms with E-state index >= 15 is 0 Å². The Morgan fingerprint density at radius 2 is 1.44 bits per heavy atom. The van der Waals surface area contributed by atoms with Crippen molar-refractivity contribution in [2.75, 3.05) is 23.7 Å². The van der Waals surface area contributed by atoms with E-state index in [2.05, 4.69) is 41.3 Å². The predicted molar refractivity (Wildman–Crippen MR) is 108 cm³/mol. The van der Waals surface area contributed by atoms with Crippen LogP contribution in [0.15, 0.2) is 36.4 Å². The van der Waals surface area contributed by atoms with E-state index < -0.39 is 14.6 Å². The van der Waals surface area contributed by atoms with Gasteiger partial charge in [-0.15, -0.1) is 0 Å². The number of benzene rings is 1. The number of sulfone groups is 1. The standard InChI is InChI=1S/C21H33NO2S/c1-21(2,3)25(23,24)18-10-6-4-5-7-11-19-12-14-20(15-13-19)22-16-8-9-17-22/h8-9,12-15H,4-7,10-11,16-18H2,1-3H3. The van der Waals surface area contributed by atoms with Crippen LogP contribution in [0, 0.1) is 0 Å². The lowest BCUT2D eigenvalue weighted by Gasteiger charge is -2.18. The molecule has 0 aromatic heterocycles. The first-order chi connectivity index (χ1) is 11.8. The molecule has 0 aliphatic carbocycles. The Bertz CT molecular complexity index is 646. The minimum atomic E-state index is -2.95. The van der Waals surface area contributed by atoms with Gasteiger partial charge in [0.1, 0.15) is 0 Å². The lowest BCUT2D eigenvalue weighted by molar-refractivity contribution is 0.552. The van der Waals surface area contributed by atoms with Crippen LogP contribution in [-0.4, -0.2) is 32.0 Å². The van der Waals surface area contributed by atoms with Crippen molar-refractivity contribution in [1.29, 1.82) is 0 Å². The van der Waals surface area contributed by atoms with Gasteiger partial charge in [0.25, 0.3) is 0 Å². The number of hydrogen-bond acceptors (Lipinski definition) is 3. The Morgan fingerprint density at radius 3 is 2.04 bits per heavy atom. The van der Waals surface area contributed by atoms with E-state index in [-0.39, 0.29) is 0 Å². The molecule has 140 valence electrons. The summed E-state index contributed by atoms with van der Waals surface area (Å²) in [7, 11) is -2.95. The van der Waals surface area contributed by atoms with Crippen molar-refractivity contribution in [3.05, 3.63) is 42.0 Å². The molecule has 4 heteroatoms. The first kappa shape index (κ1) is 20.0. The Balaban J connectivity index is 1.59. The zero-order valence-electron chi connectivity index (χ0n) is 16.0. The van der Waals surface area contributed by atoms with Crippen LogP contribution in [0.2, 0.25) is 0 Å². The monoisotopic (exact) mass is 363 g/mol. The SMILES string of the molecule is CC(C)(C)S(=O)(=O)CCCCCCCc1ccc(N2CC=CC2)cc1. The molecule has 3 nitrogen and oxygen atoms in total. The van der Waals surface area contributed by atoms with Gasteiger partial charge in [-0.1, -0.05) is 43.5 Å². The Kier molecular flexibility index (Phi) is 7.12. The van der Waals surface area contributed by atoms with Gasteiger partial charge < -0.3 is 4.90 Å². The van der Waals surface area contributed by atoms with Crippen molar-refractivity contribution in [3.63, 3.8) is 0 Å². The van der Waals surface area contributed by atoms with E-state index in [9.17, 15) is 8.42 Å². The van der Waals surface area contributed by atoms with Crippen LogP contribution < -0.4 is 4.90 Å². The lowest BCUT2D eigenvalue weighted by atomic mass is 10.1. The van der Waals surface area contributed by atoms with E-state index in [1.807, 2.05) is 0 Å². The molecular formula is C21H33NO2S. The first-order valence-corrected chi connectivity index (χ1v) is 11.2. The second-order valence-corrected chi connectivity index (χ2v) is 10.9. The predicted octanol–water partition coefficient (Wildman–Crippen LogP) is 4.77. The third kappa shape index (κ3) is 6.18. The summed E-state index contributed by atoms with van der Waals surface area (Å²) in [5.74, 6) is 0.323. The number of unbranched alkanes of at least 4 members (excludes halogenated alkanes) is 4. The molecule has 1 aromatic carbocycles. The Labute approximate surface area is 154 Å². The Hall–Kier alpha value is -1.29. The second-order valence-electron chi connectivity index (χ2n) is 7.99. The highest BCUT2D eigenvalue weighted by atomic mass is 32.2. The average molecular weight is 364 g/mol. The van der Waals surface area contributed by atoms with Gasteiger partial charge in [0.05, 0.1) is 10.5 Å². The summed E-state index contributed by atoms with van der Waals surface area (Å²) in [6.07, 6.45) is 10.8. The zero-order chi connectivity index (χ0) is 18.3. The van der Waals surface area contributed by atoms with Gasteiger partial charge in [-0.3, -0.25) is 0 Å². The number of aryl methyl sites for hydroxylation is 1. The molecular weight excluding hydrogens is 330 g/mol. The minimum Gasteiger partial charge on any atom is -0.364 e. The van der Waals surface area contributed by atoms with Crippen LogP contribution in [0.4, 0.5) is 5.69 Å². The minimum absolute atomic E-state index is 0.323. The average Bonchev–Trinajstić information content (AvgIpc) is 3.08. The fraction of sp³-hybridized carbons (Fsp3) is 0.619. The fourth-order valence-corrected chi connectivity index (χ4v) is 4.22. The van der Waals surface area contributed by atoms with Gasteiger partial charge in [0.15, 0.2) is 9.84 Å². The molecule has 1 heterocycles. The molecule has 0 fully saturated rings. The summed E-state index contributed by atoms with van der Waals surface area (Å²) < 4.78 is 23.5. The maximum atomic E-state index is 12.0. The molecule has 0 amide bonds. The molecule has 0 atom stereocenters. The smallest absolute Gasteiger partial charge is 0.155 e. The third-order valence-electron chi connectivity index (χ3n) is 4.93. The molecule has 0 spiro atoms. The summed E-state index contributed by atoms with van der Waals surface area (Å²) in [6.45, 7) is 7.39. The molecule has 1 aliphatic rings. The lowest BCUT2D eigenvalue weighted by Crippen LogP contribution is -2.30. The molecule has 0 saturated carbocycles. The molecule has 2 rings (SSSR count). The van der Waals surface area contributed by atoms with E-state index in [0.29, 0.717) is 5.75 Å². The van der Waals surface area contributed by atoms with Crippen molar-refractivity contribution >= 4 is 15.5 Å². The van der Waals surface area contributed by atoms with Crippen LogP contribution in [0.1, 0.15) is 58.4 Å². The van der Waals surface area contributed by atoms with E-state index in [4.69, 9.17) is 0 Å². The largest absolute Gasteiger partial charge is 0.364 e. The zero-order valence-corrected chi connectivity index (χ0v) is 16.8. The number of nitrogens with zero attached hydrogens (tertiary/aromatic N) is 1. The van der Waals surface area contributed by atoms with Crippen molar-refractivity contribution < 1.29 is 8.42 Å². The Morgan fingerprint density at radius 1 is 0.880 bits per heavy atom. The van der Waals surface area contributed by atoms with Gasteiger partial charge >= 0.3 is 0 Å². The normalized spacial score (nSPS) is 15.1. The van der Waals surface area contributed by atoms with E-state index in [1.165, 1.54) is 24.1 Å². The van der Waals surface area contributed by atoms with Crippen molar-refractivity contribution in [2.24, 2.45) is 0 Å². The fourth-order valence-electron chi connectivity index (χ4n) is 3.02. The van der Waals surface area contributed by atoms with Crippen molar-refractivity contribution in [1.82, 2.24) is 0 Å². The van der Waals surface area contributed by atoms with Gasteiger partial charge in [-0.25, -0.2) is 8.42 Å². The summed E-state index contributed by atoms with van der Waals surface area (Å²) in [5, 5.41) is 0. The molecule has 0 bridgehead atoms. The van der Waals surface area contributed by atoms with Gasteiger partial charge in [0.2, 0.25) is 0 Å². The molecule has 0 saturated heterocycles. The summed E-state index contributed by atoms with van der Waals surface area (Å²) >= 11 is 0. The topological polar surface area (TPSA) is 37.4 Å². The van der Waals surface area contributed by atoms with Crippen molar-refractivity contribution in [2.45, 2.75) is 64.0 Å². The highest BCUT2D eigenvalue weighted by Gasteiger charge is 2.27. The molecule has 1 aromatic rings. The van der Waals surface area contributed by atoms with Gasteiger partial charge in [-0.05, 0) is 57.7 Å². The highest BCUT2D eigenvalue weighted by Crippen LogP contribution is 2.20. The summed E-state index contributed by atoms with van der Waals surface area (Å²) in [6, 6.07) is 8.92. The van der Waals surface area contributed by atoms with Crippen LogP contribution >= 0.6 is 0 Å². The van der Waals surface area contributed by atoms with E-state index in [1.54, 1.807) is 20.8 Å². The van der Waals surface area contributed by atoms with Gasteiger partial charge in [0, 0.05) is 18.8 Å². The van der Waals surface area contributed by atoms with E-state index in [0.717, 1.165) is 38.8 Å². The van der Waals surface area contributed by atoms with Crippen LogP contribution in [0.25, 0.3) is 0 Å². The van der Waals surface area contributed by atoms with Crippen LogP contribution in [0.3, 0.4) is 0 Å². The second kappa shape index (κ2) is 8.88. The maximum Gasteiger partial charge on any atom is 0.155 e.